The Hall–Kier alpha value is -2.26. The van der Waals surface area contributed by atoms with Gasteiger partial charge in [-0.05, 0) is 42.3 Å². The van der Waals surface area contributed by atoms with Crippen molar-refractivity contribution in [2.45, 2.75) is 6.92 Å². The minimum absolute atomic E-state index is 1.04. The molecule has 0 aromatic heterocycles. The number of allylic oxidation sites excluding steroid dienone is 1. The fraction of sp³-hybridized carbons (Fsp3) is 0.0588. The first kappa shape index (κ1) is 11.2. The van der Waals surface area contributed by atoms with E-state index in [1.807, 2.05) is 54.6 Å². The Morgan fingerprint density at radius 2 is 1.59 bits per heavy atom. The maximum Gasteiger partial charge on any atom is 0.0248 e. The van der Waals surface area contributed by atoms with Gasteiger partial charge in [-0.2, -0.15) is 0 Å². The Bertz CT molecular complexity index is 566. The highest BCUT2D eigenvalue weighted by Gasteiger charge is 1.88. The summed E-state index contributed by atoms with van der Waals surface area (Å²) < 4.78 is 0. The van der Waals surface area contributed by atoms with Crippen LogP contribution in [0.3, 0.4) is 0 Å². The van der Waals surface area contributed by atoms with Gasteiger partial charge < -0.3 is 0 Å². The number of benzene rings is 2. The zero-order valence-corrected chi connectivity index (χ0v) is 9.85. The molecule has 0 atom stereocenters. The molecule has 0 heteroatoms. The first-order valence-corrected chi connectivity index (χ1v) is 5.65. The van der Waals surface area contributed by atoms with Crippen molar-refractivity contribution in [3.63, 3.8) is 0 Å². The standard InChI is InChI=1S/C17H14/c1-15-9-5-7-13-17(15)14-8-6-12-16-10-3-2-4-11-16/h2-5,7-11,13-14H,1H3/b14-8+. The molecule has 17 heavy (non-hydrogen) atoms. The van der Waals surface area contributed by atoms with E-state index in [0.29, 0.717) is 0 Å². The Kier molecular flexibility index (Phi) is 3.78. The average molecular weight is 218 g/mol. The third-order valence-corrected chi connectivity index (χ3v) is 2.52. The molecular formula is C17H14. The van der Waals surface area contributed by atoms with E-state index in [4.69, 9.17) is 0 Å². The summed E-state index contributed by atoms with van der Waals surface area (Å²) in [7, 11) is 0. The predicted molar refractivity (Wildman–Crippen MR) is 73.5 cm³/mol. The smallest absolute Gasteiger partial charge is 0.0248 e. The zero-order valence-electron chi connectivity index (χ0n) is 9.85. The van der Waals surface area contributed by atoms with Crippen molar-refractivity contribution in [2.24, 2.45) is 0 Å². The molecule has 0 aliphatic rings. The number of hydrogen-bond acceptors (Lipinski definition) is 0. The maximum absolute atomic E-state index is 3.10. The van der Waals surface area contributed by atoms with Crippen LogP contribution in [0.4, 0.5) is 0 Å². The van der Waals surface area contributed by atoms with Gasteiger partial charge in [-0.15, -0.1) is 0 Å². The van der Waals surface area contributed by atoms with E-state index in [2.05, 4.69) is 30.9 Å². The lowest BCUT2D eigenvalue weighted by atomic mass is 10.1. The number of rotatable bonds is 1. The molecule has 0 fully saturated rings. The first-order chi connectivity index (χ1) is 8.36. The summed E-state index contributed by atoms with van der Waals surface area (Å²) in [6, 6.07) is 18.3. The molecule has 0 radical (unpaired) electrons. The highest BCUT2D eigenvalue weighted by molar-refractivity contribution is 5.56. The second kappa shape index (κ2) is 5.72. The first-order valence-electron chi connectivity index (χ1n) is 5.65. The van der Waals surface area contributed by atoms with Gasteiger partial charge in [-0.25, -0.2) is 0 Å². The van der Waals surface area contributed by atoms with E-state index in [1.54, 1.807) is 0 Å². The molecule has 0 amide bonds. The van der Waals surface area contributed by atoms with Crippen molar-refractivity contribution in [1.29, 1.82) is 0 Å². The summed E-state index contributed by atoms with van der Waals surface area (Å²) in [4.78, 5) is 0. The highest BCUT2D eigenvalue weighted by atomic mass is 13.9. The van der Waals surface area contributed by atoms with Crippen LogP contribution in [-0.4, -0.2) is 0 Å². The van der Waals surface area contributed by atoms with E-state index < -0.39 is 0 Å². The number of hydrogen-bond donors (Lipinski definition) is 0. The van der Waals surface area contributed by atoms with Crippen molar-refractivity contribution in [2.75, 3.05) is 0 Å². The molecule has 0 saturated heterocycles. The molecule has 0 unspecified atom stereocenters. The predicted octanol–water partition coefficient (Wildman–Crippen LogP) is 4.06. The van der Waals surface area contributed by atoms with E-state index in [-0.39, 0.29) is 0 Å². The van der Waals surface area contributed by atoms with Gasteiger partial charge in [-0.1, -0.05) is 54.3 Å². The molecule has 0 bridgehead atoms. The minimum Gasteiger partial charge on any atom is -0.0696 e. The van der Waals surface area contributed by atoms with Gasteiger partial charge in [0.1, 0.15) is 0 Å². The van der Waals surface area contributed by atoms with Crippen molar-refractivity contribution in [3.05, 3.63) is 77.4 Å². The Morgan fingerprint density at radius 1 is 0.882 bits per heavy atom. The molecule has 2 rings (SSSR count). The van der Waals surface area contributed by atoms with Gasteiger partial charge in [0.05, 0.1) is 0 Å². The number of aryl methyl sites for hydroxylation is 1. The monoisotopic (exact) mass is 218 g/mol. The molecule has 0 aliphatic carbocycles. The van der Waals surface area contributed by atoms with Crippen LogP contribution in [0.5, 0.6) is 0 Å². The summed E-state index contributed by atoms with van der Waals surface area (Å²) in [6.07, 6.45) is 3.95. The normalized spacial score (nSPS) is 9.94. The second-order valence-electron chi connectivity index (χ2n) is 3.83. The van der Waals surface area contributed by atoms with Gasteiger partial charge in [-0.3, -0.25) is 0 Å². The van der Waals surface area contributed by atoms with Gasteiger partial charge in [0.2, 0.25) is 0 Å². The average Bonchev–Trinajstić information content (AvgIpc) is 2.38. The van der Waals surface area contributed by atoms with Crippen LogP contribution in [0.15, 0.2) is 60.7 Å². The summed E-state index contributed by atoms with van der Waals surface area (Å²) in [6.45, 7) is 2.10. The third kappa shape index (κ3) is 3.36. The van der Waals surface area contributed by atoms with Gasteiger partial charge >= 0.3 is 0 Å². The van der Waals surface area contributed by atoms with Gasteiger partial charge in [0, 0.05) is 5.56 Å². The van der Waals surface area contributed by atoms with Crippen molar-refractivity contribution in [3.8, 4) is 11.8 Å². The topological polar surface area (TPSA) is 0 Å². The molecule has 0 aliphatic heterocycles. The SMILES string of the molecule is Cc1ccccc1/C=C/C#Cc1ccccc1. The molecule has 0 N–H and O–H groups in total. The molecule has 2 aromatic rings. The Labute approximate surface area is 103 Å². The summed E-state index contributed by atoms with van der Waals surface area (Å²) >= 11 is 0. The van der Waals surface area contributed by atoms with Crippen LogP contribution >= 0.6 is 0 Å². The lowest BCUT2D eigenvalue weighted by Gasteiger charge is -1.96. The van der Waals surface area contributed by atoms with Crippen molar-refractivity contribution < 1.29 is 0 Å². The lowest BCUT2D eigenvalue weighted by molar-refractivity contribution is 1.44. The molecule has 0 saturated carbocycles. The van der Waals surface area contributed by atoms with Crippen LogP contribution in [0.2, 0.25) is 0 Å². The molecular weight excluding hydrogens is 204 g/mol. The van der Waals surface area contributed by atoms with E-state index in [9.17, 15) is 0 Å². The Morgan fingerprint density at radius 3 is 2.35 bits per heavy atom. The fourth-order valence-electron chi connectivity index (χ4n) is 1.55. The van der Waals surface area contributed by atoms with Crippen LogP contribution in [0.1, 0.15) is 16.7 Å². The second-order valence-corrected chi connectivity index (χ2v) is 3.83. The molecule has 82 valence electrons. The van der Waals surface area contributed by atoms with E-state index in [0.717, 1.165) is 5.56 Å². The Balaban J connectivity index is 2.09. The summed E-state index contributed by atoms with van der Waals surface area (Å²) in [5.41, 5.74) is 3.53. The summed E-state index contributed by atoms with van der Waals surface area (Å²) in [5, 5.41) is 0. The summed E-state index contributed by atoms with van der Waals surface area (Å²) in [5.74, 6) is 6.14. The van der Waals surface area contributed by atoms with Crippen molar-refractivity contribution in [1.82, 2.24) is 0 Å². The highest BCUT2D eigenvalue weighted by Crippen LogP contribution is 2.08. The van der Waals surface area contributed by atoms with E-state index in [1.165, 1.54) is 11.1 Å². The third-order valence-electron chi connectivity index (χ3n) is 2.52. The zero-order chi connectivity index (χ0) is 11.9. The molecule has 0 nitrogen and oxygen atoms in total. The molecule has 2 aromatic carbocycles. The molecule has 0 heterocycles. The maximum atomic E-state index is 3.10. The van der Waals surface area contributed by atoms with Crippen LogP contribution in [-0.2, 0) is 0 Å². The largest absolute Gasteiger partial charge is 0.0696 e. The van der Waals surface area contributed by atoms with Crippen molar-refractivity contribution >= 4 is 6.08 Å². The minimum atomic E-state index is 1.04. The van der Waals surface area contributed by atoms with E-state index >= 15 is 0 Å². The van der Waals surface area contributed by atoms with Crippen LogP contribution in [0, 0.1) is 18.8 Å². The fourth-order valence-corrected chi connectivity index (χ4v) is 1.55. The van der Waals surface area contributed by atoms with Gasteiger partial charge in [0.15, 0.2) is 0 Å². The van der Waals surface area contributed by atoms with Crippen LogP contribution < -0.4 is 0 Å². The quantitative estimate of drug-likeness (QED) is 0.633. The molecule has 0 spiro atoms. The lowest BCUT2D eigenvalue weighted by Crippen LogP contribution is -1.77. The van der Waals surface area contributed by atoms with Gasteiger partial charge in [0.25, 0.3) is 0 Å². The van der Waals surface area contributed by atoms with Crippen LogP contribution in [0.25, 0.3) is 6.08 Å².